The van der Waals surface area contributed by atoms with Gasteiger partial charge in [-0.3, -0.25) is 0 Å². The molecule has 74 valence electrons. The first-order chi connectivity index (χ1) is 6.83. The first-order valence-corrected chi connectivity index (χ1v) is 5.54. The summed E-state index contributed by atoms with van der Waals surface area (Å²) in [4.78, 5) is 4.05. The lowest BCUT2D eigenvalue weighted by Gasteiger charge is -2.21. The first-order valence-electron chi connectivity index (χ1n) is 5.54. The summed E-state index contributed by atoms with van der Waals surface area (Å²) in [5.41, 5.74) is 7.13. The molecule has 0 saturated heterocycles. The van der Waals surface area contributed by atoms with Crippen molar-refractivity contribution in [3.05, 3.63) is 23.9 Å². The molecule has 0 aliphatic heterocycles. The minimum Gasteiger partial charge on any atom is -0.384 e. The van der Waals surface area contributed by atoms with Gasteiger partial charge >= 0.3 is 0 Å². The lowest BCUT2D eigenvalue weighted by atomic mass is 9.84. The van der Waals surface area contributed by atoms with Crippen molar-refractivity contribution in [3.8, 4) is 0 Å². The molecule has 0 aromatic carbocycles. The molecule has 2 fully saturated rings. The number of rotatable bonds is 1. The molecule has 2 heteroatoms. The second-order valence-corrected chi connectivity index (χ2v) is 4.80. The van der Waals surface area contributed by atoms with Crippen LogP contribution in [0, 0.1) is 11.8 Å². The zero-order valence-corrected chi connectivity index (χ0v) is 8.32. The Morgan fingerprint density at radius 3 is 2.86 bits per heavy atom. The molecule has 0 radical (unpaired) electrons. The molecule has 0 spiro atoms. The van der Waals surface area contributed by atoms with E-state index in [4.69, 9.17) is 5.73 Å². The molecule has 1 aromatic rings. The lowest BCUT2D eigenvalue weighted by Crippen LogP contribution is -2.09. The SMILES string of the molecule is Nc1cc(C2CC3CCC2C3)ccn1. The highest BCUT2D eigenvalue weighted by atomic mass is 14.8. The van der Waals surface area contributed by atoms with Crippen molar-refractivity contribution >= 4 is 5.82 Å². The third-order valence-electron chi connectivity index (χ3n) is 3.97. The molecular weight excluding hydrogens is 172 g/mol. The van der Waals surface area contributed by atoms with Gasteiger partial charge in [0.05, 0.1) is 0 Å². The highest BCUT2D eigenvalue weighted by Gasteiger charge is 2.39. The van der Waals surface area contributed by atoms with Crippen LogP contribution >= 0.6 is 0 Å². The zero-order valence-electron chi connectivity index (χ0n) is 8.32. The minimum atomic E-state index is 0.672. The Kier molecular flexibility index (Phi) is 1.76. The van der Waals surface area contributed by atoms with Crippen LogP contribution in [0.2, 0.25) is 0 Å². The van der Waals surface area contributed by atoms with Gasteiger partial charge in [0.15, 0.2) is 0 Å². The smallest absolute Gasteiger partial charge is 0.123 e. The molecule has 2 bridgehead atoms. The predicted molar refractivity (Wildman–Crippen MR) is 56.8 cm³/mol. The topological polar surface area (TPSA) is 38.9 Å². The van der Waals surface area contributed by atoms with Crippen LogP contribution in [-0.2, 0) is 0 Å². The van der Waals surface area contributed by atoms with Gasteiger partial charge in [-0.05, 0) is 54.7 Å². The third-order valence-corrected chi connectivity index (χ3v) is 3.97. The van der Waals surface area contributed by atoms with E-state index < -0.39 is 0 Å². The summed E-state index contributed by atoms with van der Waals surface area (Å²) >= 11 is 0. The van der Waals surface area contributed by atoms with Crippen LogP contribution in [0.1, 0.15) is 37.2 Å². The Hall–Kier alpha value is -1.05. The van der Waals surface area contributed by atoms with E-state index in [0.717, 1.165) is 17.8 Å². The Labute approximate surface area is 84.5 Å². The Bertz CT molecular complexity index is 348. The number of nitrogens with two attached hydrogens (primary N) is 1. The molecule has 2 aliphatic rings. The van der Waals surface area contributed by atoms with Crippen LogP contribution in [-0.4, -0.2) is 4.98 Å². The van der Waals surface area contributed by atoms with E-state index in [1.54, 1.807) is 0 Å². The summed E-state index contributed by atoms with van der Waals surface area (Å²) in [5.74, 6) is 3.38. The van der Waals surface area contributed by atoms with Crippen LogP contribution < -0.4 is 5.73 Å². The molecule has 1 heterocycles. The normalized spacial score (nSPS) is 35.0. The van der Waals surface area contributed by atoms with E-state index in [-0.39, 0.29) is 0 Å². The molecule has 2 aliphatic carbocycles. The summed E-state index contributed by atoms with van der Waals surface area (Å²) in [6.07, 6.45) is 7.57. The summed E-state index contributed by atoms with van der Waals surface area (Å²) in [5, 5.41) is 0. The van der Waals surface area contributed by atoms with Crippen molar-refractivity contribution in [2.75, 3.05) is 5.73 Å². The van der Waals surface area contributed by atoms with E-state index in [9.17, 15) is 0 Å². The molecule has 2 N–H and O–H groups in total. The second kappa shape index (κ2) is 2.97. The predicted octanol–water partition coefficient (Wildman–Crippen LogP) is 2.57. The Balaban J connectivity index is 1.89. The van der Waals surface area contributed by atoms with Gasteiger partial charge in [0, 0.05) is 6.20 Å². The van der Waals surface area contributed by atoms with Crippen molar-refractivity contribution in [2.45, 2.75) is 31.6 Å². The van der Waals surface area contributed by atoms with Crippen molar-refractivity contribution in [2.24, 2.45) is 11.8 Å². The number of fused-ring (bicyclic) bond motifs is 2. The van der Waals surface area contributed by atoms with Gasteiger partial charge in [0.2, 0.25) is 0 Å². The van der Waals surface area contributed by atoms with Crippen molar-refractivity contribution in [1.29, 1.82) is 0 Å². The van der Waals surface area contributed by atoms with Crippen molar-refractivity contribution in [3.63, 3.8) is 0 Å². The fourth-order valence-electron chi connectivity index (χ4n) is 3.35. The highest BCUT2D eigenvalue weighted by Crippen LogP contribution is 2.52. The number of anilines is 1. The first kappa shape index (κ1) is 8.27. The maximum absolute atomic E-state index is 5.71. The monoisotopic (exact) mass is 188 g/mol. The number of hydrogen-bond acceptors (Lipinski definition) is 2. The number of aromatic nitrogens is 1. The summed E-state index contributed by atoms with van der Waals surface area (Å²) < 4.78 is 0. The van der Waals surface area contributed by atoms with Gasteiger partial charge in [-0.2, -0.15) is 0 Å². The summed E-state index contributed by atoms with van der Waals surface area (Å²) in [6, 6.07) is 4.20. The minimum absolute atomic E-state index is 0.672. The van der Waals surface area contributed by atoms with Crippen molar-refractivity contribution < 1.29 is 0 Å². The van der Waals surface area contributed by atoms with Crippen LogP contribution in [0.15, 0.2) is 18.3 Å². The molecule has 14 heavy (non-hydrogen) atoms. The van der Waals surface area contributed by atoms with Crippen LogP contribution in [0.4, 0.5) is 5.82 Å². The molecule has 3 unspecified atom stereocenters. The van der Waals surface area contributed by atoms with Gasteiger partial charge in [0.1, 0.15) is 5.82 Å². The van der Waals surface area contributed by atoms with E-state index in [2.05, 4.69) is 17.1 Å². The van der Waals surface area contributed by atoms with Crippen LogP contribution in [0.5, 0.6) is 0 Å². The van der Waals surface area contributed by atoms with Crippen molar-refractivity contribution in [1.82, 2.24) is 4.98 Å². The Morgan fingerprint density at radius 1 is 1.29 bits per heavy atom. The maximum atomic E-state index is 5.71. The molecule has 3 rings (SSSR count). The average molecular weight is 188 g/mol. The Morgan fingerprint density at radius 2 is 2.21 bits per heavy atom. The van der Waals surface area contributed by atoms with Crippen LogP contribution in [0.3, 0.4) is 0 Å². The molecule has 1 aromatic heterocycles. The molecule has 2 nitrogen and oxygen atoms in total. The second-order valence-electron chi connectivity index (χ2n) is 4.80. The fraction of sp³-hybridized carbons (Fsp3) is 0.583. The van der Waals surface area contributed by atoms with E-state index in [1.165, 1.54) is 31.2 Å². The molecule has 3 atom stereocenters. The maximum Gasteiger partial charge on any atom is 0.123 e. The third kappa shape index (κ3) is 1.21. The lowest BCUT2D eigenvalue weighted by molar-refractivity contribution is 0.420. The van der Waals surface area contributed by atoms with Gasteiger partial charge < -0.3 is 5.73 Å². The van der Waals surface area contributed by atoms with E-state index >= 15 is 0 Å². The number of hydrogen-bond donors (Lipinski definition) is 1. The van der Waals surface area contributed by atoms with Gasteiger partial charge in [-0.1, -0.05) is 6.42 Å². The number of nitrogens with zero attached hydrogens (tertiary/aromatic N) is 1. The van der Waals surface area contributed by atoms with Gasteiger partial charge in [0.25, 0.3) is 0 Å². The number of pyridine rings is 1. The number of nitrogen functional groups attached to an aromatic ring is 1. The average Bonchev–Trinajstić information content (AvgIpc) is 2.78. The van der Waals surface area contributed by atoms with Crippen LogP contribution in [0.25, 0.3) is 0 Å². The largest absolute Gasteiger partial charge is 0.384 e. The van der Waals surface area contributed by atoms with E-state index in [1.807, 2.05) is 6.20 Å². The molecule has 2 saturated carbocycles. The summed E-state index contributed by atoms with van der Waals surface area (Å²) in [6.45, 7) is 0. The highest BCUT2D eigenvalue weighted by molar-refractivity contribution is 5.34. The van der Waals surface area contributed by atoms with E-state index in [0.29, 0.717) is 5.82 Å². The van der Waals surface area contributed by atoms with Gasteiger partial charge in [-0.25, -0.2) is 4.98 Å². The quantitative estimate of drug-likeness (QED) is 0.735. The zero-order chi connectivity index (χ0) is 9.54. The standard InChI is InChI=1S/C12H16N2/c13-12-7-10(3-4-14-12)11-6-8-1-2-9(11)5-8/h3-4,7-9,11H,1-2,5-6H2,(H2,13,14). The molecular formula is C12H16N2. The summed E-state index contributed by atoms with van der Waals surface area (Å²) in [7, 11) is 0. The fourth-order valence-corrected chi connectivity index (χ4v) is 3.35. The molecule has 0 amide bonds. The van der Waals surface area contributed by atoms with Gasteiger partial charge in [-0.15, -0.1) is 0 Å².